The van der Waals surface area contributed by atoms with Crippen LogP contribution in [0.5, 0.6) is 0 Å². The lowest BCUT2D eigenvalue weighted by Crippen LogP contribution is -1.79. The Morgan fingerprint density at radius 3 is 2.38 bits per heavy atom. The van der Waals surface area contributed by atoms with Crippen LogP contribution in [0.3, 0.4) is 0 Å². The first-order chi connectivity index (χ1) is 7.90. The van der Waals surface area contributed by atoms with Crippen LogP contribution in [-0.4, -0.2) is 6.29 Å². The number of carbonyl (C=O) groups excluding carboxylic acids is 1. The van der Waals surface area contributed by atoms with E-state index >= 15 is 0 Å². The van der Waals surface area contributed by atoms with Crippen LogP contribution in [0.1, 0.15) is 5.56 Å². The number of hydrogen-bond donors (Lipinski definition) is 0. The van der Waals surface area contributed by atoms with Crippen LogP contribution >= 0.6 is 0 Å². The summed E-state index contributed by atoms with van der Waals surface area (Å²) in [6.07, 6.45) is 0.606. The summed E-state index contributed by atoms with van der Waals surface area (Å²) in [4.78, 5) is 10.2. The Bertz CT molecular complexity index is 544. The van der Waals surface area contributed by atoms with Crippen molar-refractivity contribution >= 4 is 6.29 Å². The predicted molar refractivity (Wildman–Crippen MR) is 64.8 cm³/mol. The van der Waals surface area contributed by atoms with Gasteiger partial charge in [-0.25, -0.2) is 0 Å². The first-order valence-electron chi connectivity index (χ1n) is 5.01. The fraction of sp³-hybridized carbons (Fsp3) is 0. The lowest BCUT2D eigenvalue weighted by atomic mass is 10.0. The monoisotopic (exact) mass is 206 g/mol. The molecule has 0 aliphatic rings. The van der Waals surface area contributed by atoms with Crippen LogP contribution < -0.4 is 0 Å². The van der Waals surface area contributed by atoms with E-state index in [1.807, 2.05) is 54.6 Å². The highest BCUT2D eigenvalue weighted by atomic mass is 16.1. The molecule has 0 spiro atoms. The van der Waals surface area contributed by atoms with Gasteiger partial charge >= 0.3 is 0 Å². The molecule has 2 aromatic rings. The largest absolute Gasteiger partial charge is 0.289 e. The van der Waals surface area contributed by atoms with Crippen molar-refractivity contribution in [2.45, 2.75) is 0 Å². The summed E-state index contributed by atoms with van der Waals surface area (Å²) >= 11 is 0. The lowest BCUT2D eigenvalue weighted by Gasteiger charge is -2.01. The summed E-state index contributed by atoms with van der Waals surface area (Å²) in [5.41, 5.74) is 3.11. The fourth-order valence-electron chi connectivity index (χ4n) is 1.52. The number of carbonyl (C=O) groups is 1. The van der Waals surface area contributed by atoms with Crippen molar-refractivity contribution in [1.29, 1.82) is 0 Å². The average molecular weight is 206 g/mol. The van der Waals surface area contributed by atoms with Gasteiger partial charge in [0, 0.05) is 5.56 Å². The van der Waals surface area contributed by atoms with Crippen molar-refractivity contribution in [3.8, 4) is 23.0 Å². The van der Waals surface area contributed by atoms with Crippen molar-refractivity contribution < 1.29 is 4.79 Å². The van der Waals surface area contributed by atoms with Gasteiger partial charge in [0.15, 0.2) is 6.29 Å². The Hall–Kier alpha value is -2.33. The molecule has 0 aliphatic heterocycles. The maximum absolute atomic E-state index is 10.2. The van der Waals surface area contributed by atoms with E-state index in [1.54, 1.807) is 0 Å². The van der Waals surface area contributed by atoms with Crippen LogP contribution in [-0.2, 0) is 4.79 Å². The second-order valence-electron chi connectivity index (χ2n) is 3.33. The Labute approximate surface area is 94.7 Å². The molecule has 1 nitrogen and oxygen atoms in total. The molecule has 0 unspecified atom stereocenters. The Balaban J connectivity index is 2.40. The van der Waals surface area contributed by atoms with Gasteiger partial charge in [0.05, 0.1) is 0 Å². The molecule has 0 N–H and O–H groups in total. The van der Waals surface area contributed by atoms with Gasteiger partial charge in [-0.2, -0.15) is 0 Å². The van der Waals surface area contributed by atoms with E-state index < -0.39 is 0 Å². The second-order valence-corrected chi connectivity index (χ2v) is 3.33. The number of aldehydes is 1. The van der Waals surface area contributed by atoms with Gasteiger partial charge in [0.2, 0.25) is 0 Å². The van der Waals surface area contributed by atoms with Crippen molar-refractivity contribution in [1.82, 2.24) is 0 Å². The third kappa shape index (κ3) is 2.37. The minimum atomic E-state index is 0.606. The van der Waals surface area contributed by atoms with Crippen molar-refractivity contribution in [2.75, 3.05) is 0 Å². The summed E-state index contributed by atoms with van der Waals surface area (Å²) in [7, 11) is 0. The number of benzene rings is 2. The zero-order chi connectivity index (χ0) is 11.2. The Morgan fingerprint density at radius 2 is 1.62 bits per heavy atom. The number of hydrogen-bond acceptors (Lipinski definition) is 1. The molecule has 0 aromatic heterocycles. The van der Waals surface area contributed by atoms with Crippen LogP contribution in [0.15, 0.2) is 54.6 Å². The fourth-order valence-corrected chi connectivity index (χ4v) is 1.52. The van der Waals surface area contributed by atoms with Gasteiger partial charge in [-0.1, -0.05) is 48.4 Å². The minimum absolute atomic E-state index is 0.606. The molecule has 2 rings (SSSR count). The van der Waals surface area contributed by atoms with Crippen molar-refractivity contribution in [2.24, 2.45) is 0 Å². The van der Waals surface area contributed by atoms with Crippen LogP contribution in [0.25, 0.3) is 11.1 Å². The molecule has 76 valence electrons. The molecule has 0 amide bonds. The standard InChI is InChI=1S/C15H10O/c16-11-5-7-13-6-4-10-15(12-13)14-8-2-1-3-9-14/h1-4,6,8-12H. The molecule has 0 radical (unpaired) electrons. The zero-order valence-electron chi connectivity index (χ0n) is 8.68. The van der Waals surface area contributed by atoms with Crippen molar-refractivity contribution in [3.05, 3.63) is 60.2 Å². The van der Waals surface area contributed by atoms with E-state index in [4.69, 9.17) is 0 Å². The Kier molecular flexibility index (Phi) is 3.15. The maximum atomic E-state index is 10.2. The molecular formula is C15H10O. The highest BCUT2D eigenvalue weighted by Gasteiger charge is 1.96. The summed E-state index contributed by atoms with van der Waals surface area (Å²) in [5.74, 6) is 5.20. The van der Waals surface area contributed by atoms with Crippen LogP contribution in [0.4, 0.5) is 0 Å². The van der Waals surface area contributed by atoms with Gasteiger partial charge in [-0.15, -0.1) is 0 Å². The topological polar surface area (TPSA) is 17.1 Å². The average Bonchev–Trinajstić information content (AvgIpc) is 2.38. The normalized spacial score (nSPS) is 9.00. The van der Waals surface area contributed by atoms with E-state index in [0.717, 1.165) is 16.7 Å². The van der Waals surface area contributed by atoms with E-state index in [1.165, 1.54) is 0 Å². The molecule has 0 atom stereocenters. The van der Waals surface area contributed by atoms with Crippen molar-refractivity contribution in [3.63, 3.8) is 0 Å². The SMILES string of the molecule is O=CC#Cc1cccc(-c2ccccc2)c1. The Morgan fingerprint density at radius 1 is 0.875 bits per heavy atom. The second kappa shape index (κ2) is 4.95. The highest BCUT2D eigenvalue weighted by Crippen LogP contribution is 2.19. The summed E-state index contributed by atoms with van der Waals surface area (Å²) in [5, 5.41) is 0. The van der Waals surface area contributed by atoms with Crippen LogP contribution in [0.2, 0.25) is 0 Å². The van der Waals surface area contributed by atoms with E-state index in [0.29, 0.717) is 6.29 Å². The summed E-state index contributed by atoms with van der Waals surface area (Å²) in [6.45, 7) is 0. The number of rotatable bonds is 1. The zero-order valence-corrected chi connectivity index (χ0v) is 8.68. The highest BCUT2D eigenvalue weighted by molar-refractivity contribution is 5.74. The molecular weight excluding hydrogens is 196 g/mol. The smallest absolute Gasteiger partial charge is 0.193 e. The van der Waals surface area contributed by atoms with E-state index in [-0.39, 0.29) is 0 Å². The maximum Gasteiger partial charge on any atom is 0.193 e. The first-order valence-corrected chi connectivity index (χ1v) is 5.01. The van der Waals surface area contributed by atoms with Gasteiger partial charge < -0.3 is 0 Å². The van der Waals surface area contributed by atoms with Gasteiger partial charge in [-0.3, -0.25) is 4.79 Å². The quantitative estimate of drug-likeness (QED) is 0.518. The molecule has 0 saturated heterocycles. The van der Waals surface area contributed by atoms with Gasteiger partial charge in [0.1, 0.15) is 0 Å². The molecule has 0 fully saturated rings. The molecule has 2 aromatic carbocycles. The molecule has 0 saturated carbocycles. The molecule has 0 aliphatic carbocycles. The third-order valence-electron chi connectivity index (χ3n) is 2.25. The molecule has 0 heterocycles. The van der Waals surface area contributed by atoms with Gasteiger partial charge in [-0.05, 0) is 29.2 Å². The lowest BCUT2D eigenvalue weighted by molar-refractivity contribution is -0.103. The molecule has 1 heteroatoms. The third-order valence-corrected chi connectivity index (χ3v) is 2.25. The first kappa shape index (κ1) is 10.2. The molecule has 16 heavy (non-hydrogen) atoms. The summed E-state index contributed by atoms with van der Waals surface area (Å²) < 4.78 is 0. The minimum Gasteiger partial charge on any atom is -0.289 e. The van der Waals surface area contributed by atoms with Crippen LogP contribution in [0, 0.1) is 11.8 Å². The van der Waals surface area contributed by atoms with E-state index in [2.05, 4.69) is 11.8 Å². The van der Waals surface area contributed by atoms with E-state index in [9.17, 15) is 4.79 Å². The summed E-state index contributed by atoms with van der Waals surface area (Å²) in [6, 6.07) is 17.9. The van der Waals surface area contributed by atoms with Gasteiger partial charge in [0.25, 0.3) is 0 Å². The predicted octanol–water partition coefficient (Wildman–Crippen LogP) is 2.90. The molecule has 0 bridgehead atoms.